The van der Waals surface area contributed by atoms with Crippen molar-refractivity contribution < 1.29 is 4.74 Å². The fraction of sp³-hybridized carbons (Fsp3) is 0.583. The zero-order valence-corrected chi connectivity index (χ0v) is 9.95. The van der Waals surface area contributed by atoms with Gasteiger partial charge in [-0.25, -0.2) is 0 Å². The molecule has 1 aromatic rings. The Labute approximate surface area is 91.7 Å². The number of hydrogen-bond acceptors (Lipinski definition) is 3. The maximum absolute atomic E-state index is 5.87. The van der Waals surface area contributed by atoms with E-state index >= 15 is 0 Å². The highest BCUT2D eigenvalue weighted by atomic mass is 16.5. The van der Waals surface area contributed by atoms with Crippen LogP contribution in [0.1, 0.15) is 45.9 Å². The molecule has 0 amide bonds. The highest BCUT2D eigenvalue weighted by Gasteiger charge is 2.12. The summed E-state index contributed by atoms with van der Waals surface area (Å²) in [4.78, 5) is 4.28. The van der Waals surface area contributed by atoms with Crippen molar-refractivity contribution >= 4 is 0 Å². The molecule has 0 aromatic carbocycles. The molecule has 0 radical (unpaired) electrons. The van der Waals surface area contributed by atoms with Crippen LogP contribution in [0.2, 0.25) is 0 Å². The highest BCUT2D eigenvalue weighted by Crippen LogP contribution is 2.19. The standard InChI is InChI=1S/C12H20N2O/c1-5-10(13)11-7-6-9(8-14-11)15-12(2,3)4/h6-8,10H,5,13H2,1-4H3. The van der Waals surface area contributed by atoms with E-state index in [1.54, 1.807) is 6.20 Å². The first-order valence-corrected chi connectivity index (χ1v) is 5.33. The van der Waals surface area contributed by atoms with Crippen LogP contribution in [0.15, 0.2) is 18.3 Å². The fourth-order valence-electron chi connectivity index (χ4n) is 1.23. The van der Waals surface area contributed by atoms with Gasteiger partial charge < -0.3 is 10.5 Å². The summed E-state index contributed by atoms with van der Waals surface area (Å²) in [5, 5.41) is 0. The summed E-state index contributed by atoms with van der Waals surface area (Å²) in [6, 6.07) is 3.87. The minimum Gasteiger partial charge on any atom is -0.487 e. The van der Waals surface area contributed by atoms with E-state index in [2.05, 4.69) is 4.98 Å². The van der Waals surface area contributed by atoms with Crippen LogP contribution in [0.4, 0.5) is 0 Å². The Morgan fingerprint density at radius 1 is 1.40 bits per heavy atom. The van der Waals surface area contributed by atoms with Gasteiger partial charge in [0, 0.05) is 6.04 Å². The van der Waals surface area contributed by atoms with Crippen molar-refractivity contribution in [2.75, 3.05) is 0 Å². The molecular formula is C12H20N2O. The molecule has 0 saturated heterocycles. The zero-order chi connectivity index (χ0) is 11.5. The summed E-state index contributed by atoms with van der Waals surface area (Å²) < 4.78 is 5.67. The lowest BCUT2D eigenvalue weighted by atomic mass is 10.1. The number of aromatic nitrogens is 1. The molecule has 0 aliphatic carbocycles. The molecule has 3 heteroatoms. The minimum atomic E-state index is -0.184. The number of nitrogens with zero attached hydrogens (tertiary/aromatic N) is 1. The van der Waals surface area contributed by atoms with Gasteiger partial charge in [-0.3, -0.25) is 4.98 Å². The van der Waals surface area contributed by atoms with Crippen LogP contribution in [-0.4, -0.2) is 10.6 Å². The molecule has 1 unspecified atom stereocenters. The molecule has 0 bridgehead atoms. The summed E-state index contributed by atoms with van der Waals surface area (Å²) >= 11 is 0. The zero-order valence-electron chi connectivity index (χ0n) is 9.95. The lowest BCUT2D eigenvalue weighted by Crippen LogP contribution is -2.23. The summed E-state index contributed by atoms with van der Waals surface area (Å²) in [7, 11) is 0. The van der Waals surface area contributed by atoms with Crippen molar-refractivity contribution in [3.05, 3.63) is 24.0 Å². The molecule has 0 aliphatic rings. The minimum absolute atomic E-state index is 0.0219. The third-order valence-electron chi connectivity index (χ3n) is 2.00. The molecule has 1 rings (SSSR count). The molecule has 1 aromatic heterocycles. The van der Waals surface area contributed by atoms with Crippen molar-refractivity contribution in [3.8, 4) is 5.75 Å². The SMILES string of the molecule is CCC(N)c1ccc(OC(C)(C)C)cn1. The van der Waals surface area contributed by atoms with Crippen molar-refractivity contribution in [1.29, 1.82) is 0 Å². The largest absolute Gasteiger partial charge is 0.487 e. The Morgan fingerprint density at radius 3 is 2.47 bits per heavy atom. The van der Waals surface area contributed by atoms with Gasteiger partial charge in [-0.2, -0.15) is 0 Å². The second kappa shape index (κ2) is 4.62. The van der Waals surface area contributed by atoms with E-state index in [1.165, 1.54) is 0 Å². The lowest BCUT2D eigenvalue weighted by molar-refractivity contribution is 0.130. The first-order chi connectivity index (χ1) is 6.92. The van der Waals surface area contributed by atoms with Gasteiger partial charge in [0.05, 0.1) is 11.9 Å². The van der Waals surface area contributed by atoms with Crippen molar-refractivity contribution in [1.82, 2.24) is 4.98 Å². The molecule has 0 saturated carbocycles. The lowest BCUT2D eigenvalue weighted by Gasteiger charge is -2.21. The van der Waals surface area contributed by atoms with E-state index in [9.17, 15) is 0 Å². The van der Waals surface area contributed by atoms with Gasteiger partial charge in [-0.1, -0.05) is 6.92 Å². The molecular weight excluding hydrogens is 188 g/mol. The number of pyridine rings is 1. The van der Waals surface area contributed by atoms with E-state index in [4.69, 9.17) is 10.5 Å². The quantitative estimate of drug-likeness (QED) is 0.830. The highest BCUT2D eigenvalue weighted by molar-refractivity contribution is 5.21. The van der Waals surface area contributed by atoms with E-state index in [-0.39, 0.29) is 11.6 Å². The molecule has 0 aliphatic heterocycles. The van der Waals surface area contributed by atoms with Crippen molar-refractivity contribution in [2.24, 2.45) is 5.73 Å². The second-order valence-electron chi connectivity index (χ2n) is 4.65. The van der Waals surface area contributed by atoms with Gasteiger partial charge in [0.2, 0.25) is 0 Å². The second-order valence-corrected chi connectivity index (χ2v) is 4.65. The average Bonchev–Trinajstić information content (AvgIpc) is 2.15. The predicted molar refractivity (Wildman–Crippen MR) is 61.8 cm³/mol. The van der Waals surface area contributed by atoms with Crippen molar-refractivity contribution in [2.45, 2.75) is 45.8 Å². The molecule has 1 heterocycles. The first kappa shape index (κ1) is 12.0. The predicted octanol–water partition coefficient (Wildman–Crippen LogP) is 2.67. The molecule has 3 nitrogen and oxygen atoms in total. The topological polar surface area (TPSA) is 48.1 Å². The van der Waals surface area contributed by atoms with Crippen LogP contribution in [0.3, 0.4) is 0 Å². The van der Waals surface area contributed by atoms with Crippen LogP contribution in [0.5, 0.6) is 5.75 Å². The summed E-state index contributed by atoms with van der Waals surface area (Å²) in [5.41, 5.74) is 6.60. The third-order valence-corrected chi connectivity index (χ3v) is 2.00. The van der Waals surface area contributed by atoms with Gasteiger partial charge in [-0.05, 0) is 39.3 Å². The first-order valence-electron chi connectivity index (χ1n) is 5.33. The summed E-state index contributed by atoms with van der Waals surface area (Å²) in [6.07, 6.45) is 2.63. The maximum atomic E-state index is 5.87. The van der Waals surface area contributed by atoms with Gasteiger partial charge in [0.1, 0.15) is 11.4 Å². The number of rotatable bonds is 3. The average molecular weight is 208 g/mol. The number of nitrogens with two attached hydrogens (primary N) is 1. The van der Waals surface area contributed by atoms with Gasteiger partial charge in [0.25, 0.3) is 0 Å². The Hall–Kier alpha value is -1.09. The van der Waals surface area contributed by atoms with Crippen molar-refractivity contribution in [3.63, 3.8) is 0 Å². The third kappa shape index (κ3) is 3.88. The van der Waals surface area contributed by atoms with E-state index < -0.39 is 0 Å². The Kier molecular flexibility index (Phi) is 3.69. The smallest absolute Gasteiger partial charge is 0.138 e. The molecule has 0 fully saturated rings. The van der Waals surface area contributed by atoms with Crippen LogP contribution in [0.25, 0.3) is 0 Å². The van der Waals surface area contributed by atoms with Crippen LogP contribution in [-0.2, 0) is 0 Å². The molecule has 84 valence electrons. The van der Waals surface area contributed by atoms with Gasteiger partial charge in [0.15, 0.2) is 0 Å². The molecule has 1 atom stereocenters. The Balaban J connectivity index is 2.72. The van der Waals surface area contributed by atoms with Crippen LogP contribution in [0, 0.1) is 0 Å². The maximum Gasteiger partial charge on any atom is 0.138 e. The number of ether oxygens (including phenoxy) is 1. The summed E-state index contributed by atoms with van der Waals surface area (Å²) in [6.45, 7) is 8.09. The molecule has 2 N–H and O–H groups in total. The number of hydrogen-bond donors (Lipinski definition) is 1. The summed E-state index contributed by atoms with van der Waals surface area (Å²) in [5.74, 6) is 0.787. The monoisotopic (exact) mass is 208 g/mol. The fourth-order valence-corrected chi connectivity index (χ4v) is 1.23. The Morgan fingerprint density at radius 2 is 2.07 bits per heavy atom. The Bertz CT molecular complexity index is 300. The normalized spacial score (nSPS) is 13.7. The molecule has 0 spiro atoms. The van der Waals surface area contributed by atoms with Crippen LogP contribution >= 0.6 is 0 Å². The van der Waals surface area contributed by atoms with E-state index in [0.717, 1.165) is 17.9 Å². The van der Waals surface area contributed by atoms with Crippen LogP contribution < -0.4 is 10.5 Å². The molecule has 15 heavy (non-hydrogen) atoms. The van der Waals surface area contributed by atoms with Gasteiger partial charge in [-0.15, -0.1) is 0 Å². The van der Waals surface area contributed by atoms with Gasteiger partial charge >= 0.3 is 0 Å². The van der Waals surface area contributed by atoms with E-state index in [0.29, 0.717) is 0 Å². The van der Waals surface area contributed by atoms with E-state index in [1.807, 2.05) is 39.8 Å².